The predicted octanol–water partition coefficient (Wildman–Crippen LogP) is 2.12. The lowest BCUT2D eigenvalue weighted by atomic mass is 10.0. The van der Waals surface area contributed by atoms with E-state index in [1.165, 1.54) is 5.56 Å². The summed E-state index contributed by atoms with van der Waals surface area (Å²) >= 11 is 1.76. The van der Waals surface area contributed by atoms with E-state index in [1.807, 2.05) is 0 Å². The van der Waals surface area contributed by atoms with Crippen LogP contribution < -0.4 is 5.32 Å². The van der Waals surface area contributed by atoms with Crippen LogP contribution in [-0.2, 0) is 4.74 Å². The first-order valence-corrected chi connectivity index (χ1v) is 7.38. The molecule has 0 radical (unpaired) electrons. The van der Waals surface area contributed by atoms with Crippen LogP contribution in [0.15, 0.2) is 16.8 Å². The first-order chi connectivity index (χ1) is 8.35. The third-order valence-electron chi connectivity index (χ3n) is 3.32. The highest BCUT2D eigenvalue weighted by atomic mass is 32.1. The maximum Gasteiger partial charge on any atom is 0.0897 e. The van der Waals surface area contributed by atoms with Crippen molar-refractivity contribution in [3.05, 3.63) is 22.4 Å². The monoisotopic (exact) mass is 254 g/mol. The molecule has 1 aliphatic rings. The number of morpholine rings is 1. The minimum atomic E-state index is 0.276. The van der Waals surface area contributed by atoms with Crippen LogP contribution in [0, 0.1) is 0 Å². The molecule has 0 aliphatic carbocycles. The summed E-state index contributed by atoms with van der Waals surface area (Å²) < 4.78 is 5.95. The number of likely N-dealkylation sites (N-methyl/N-ethyl adjacent to an activating group) is 2. The van der Waals surface area contributed by atoms with Crippen LogP contribution in [0.2, 0.25) is 0 Å². The number of nitrogens with one attached hydrogen (secondary N) is 1. The van der Waals surface area contributed by atoms with Gasteiger partial charge in [0.25, 0.3) is 0 Å². The smallest absolute Gasteiger partial charge is 0.0897 e. The molecule has 1 aliphatic heterocycles. The maximum atomic E-state index is 5.95. The highest BCUT2D eigenvalue weighted by Crippen LogP contribution is 2.24. The molecule has 17 heavy (non-hydrogen) atoms. The van der Waals surface area contributed by atoms with Crippen molar-refractivity contribution in [2.24, 2.45) is 0 Å². The van der Waals surface area contributed by atoms with Gasteiger partial charge in [-0.1, -0.05) is 13.8 Å². The SMILES string of the molecule is CCNC(c1ccsc1)C1CN(CC)CCO1. The zero-order chi connectivity index (χ0) is 12.1. The van der Waals surface area contributed by atoms with Crippen LogP contribution >= 0.6 is 11.3 Å². The van der Waals surface area contributed by atoms with E-state index >= 15 is 0 Å². The van der Waals surface area contributed by atoms with Gasteiger partial charge in [-0.15, -0.1) is 0 Å². The highest BCUT2D eigenvalue weighted by Gasteiger charge is 2.28. The minimum absolute atomic E-state index is 0.276. The van der Waals surface area contributed by atoms with Gasteiger partial charge in [0.05, 0.1) is 18.8 Å². The Morgan fingerprint density at radius 3 is 3.12 bits per heavy atom. The predicted molar refractivity (Wildman–Crippen MR) is 72.6 cm³/mol. The number of rotatable bonds is 5. The van der Waals surface area contributed by atoms with Crippen molar-refractivity contribution in [1.29, 1.82) is 0 Å². The normalized spacial score (nSPS) is 23.8. The third kappa shape index (κ3) is 3.28. The Morgan fingerprint density at radius 1 is 1.59 bits per heavy atom. The second-order valence-corrected chi connectivity index (χ2v) is 5.17. The fourth-order valence-corrected chi connectivity index (χ4v) is 3.05. The Morgan fingerprint density at radius 2 is 2.47 bits per heavy atom. The molecule has 1 saturated heterocycles. The Kier molecular flexibility index (Phi) is 4.98. The zero-order valence-electron chi connectivity index (χ0n) is 10.7. The number of hydrogen-bond acceptors (Lipinski definition) is 4. The van der Waals surface area contributed by atoms with Gasteiger partial charge in [0.15, 0.2) is 0 Å². The van der Waals surface area contributed by atoms with Gasteiger partial charge in [-0.3, -0.25) is 4.90 Å². The van der Waals surface area contributed by atoms with Crippen molar-refractivity contribution in [3.63, 3.8) is 0 Å². The van der Waals surface area contributed by atoms with Crippen molar-refractivity contribution >= 4 is 11.3 Å². The van der Waals surface area contributed by atoms with Crippen molar-refractivity contribution < 1.29 is 4.74 Å². The van der Waals surface area contributed by atoms with E-state index in [0.29, 0.717) is 6.04 Å². The van der Waals surface area contributed by atoms with Gasteiger partial charge in [0, 0.05) is 13.1 Å². The molecule has 4 heteroatoms. The van der Waals surface area contributed by atoms with E-state index in [0.717, 1.165) is 32.8 Å². The lowest BCUT2D eigenvalue weighted by Gasteiger charge is -2.36. The molecule has 0 aromatic carbocycles. The van der Waals surface area contributed by atoms with Crippen LogP contribution in [0.4, 0.5) is 0 Å². The summed E-state index contributed by atoms with van der Waals surface area (Å²) in [4.78, 5) is 2.46. The molecule has 0 saturated carbocycles. The van der Waals surface area contributed by atoms with Crippen LogP contribution in [0.3, 0.4) is 0 Å². The number of ether oxygens (including phenoxy) is 1. The van der Waals surface area contributed by atoms with Gasteiger partial charge in [0.1, 0.15) is 0 Å². The van der Waals surface area contributed by atoms with Crippen molar-refractivity contribution in [3.8, 4) is 0 Å². The summed E-state index contributed by atoms with van der Waals surface area (Å²) in [5, 5.41) is 7.92. The number of hydrogen-bond donors (Lipinski definition) is 1. The van der Waals surface area contributed by atoms with Crippen LogP contribution in [0.1, 0.15) is 25.5 Å². The molecule has 1 fully saturated rings. The van der Waals surface area contributed by atoms with E-state index in [4.69, 9.17) is 4.74 Å². The molecular weight excluding hydrogens is 232 g/mol. The standard InChI is InChI=1S/C13H22N2OS/c1-3-14-13(11-5-8-17-10-11)12-9-15(4-2)6-7-16-12/h5,8,10,12-14H,3-4,6-7,9H2,1-2H3. The Bertz CT molecular complexity index is 315. The molecule has 2 unspecified atom stereocenters. The van der Waals surface area contributed by atoms with Gasteiger partial charge in [-0.05, 0) is 35.5 Å². The minimum Gasteiger partial charge on any atom is -0.374 e. The topological polar surface area (TPSA) is 24.5 Å². The Balaban J connectivity index is 2.05. The molecule has 96 valence electrons. The third-order valence-corrected chi connectivity index (χ3v) is 4.02. The van der Waals surface area contributed by atoms with Crippen LogP contribution in [0.25, 0.3) is 0 Å². The van der Waals surface area contributed by atoms with Gasteiger partial charge in [0.2, 0.25) is 0 Å². The second-order valence-electron chi connectivity index (χ2n) is 4.39. The van der Waals surface area contributed by atoms with E-state index in [2.05, 4.69) is 40.9 Å². The lowest BCUT2D eigenvalue weighted by Crippen LogP contribution is -2.48. The van der Waals surface area contributed by atoms with Crippen LogP contribution in [0.5, 0.6) is 0 Å². The maximum absolute atomic E-state index is 5.95. The summed E-state index contributed by atoms with van der Waals surface area (Å²) in [6, 6.07) is 2.53. The summed E-state index contributed by atoms with van der Waals surface area (Å²) in [6.45, 7) is 9.41. The molecule has 0 spiro atoms. The average molecular weight is 254 g/mol. The van der Waals surface area contributed by atoms with E-state index in [1.54, 1.807) is 11.3 Å². The fraction of sp³-hybridized carbons (Fsp3) is 0.692. The molecule has 3 nitrogen and oxygen atoms in total. The zero-order valence-corrected chi connectivity index (χ0v) is 11.5. The molecule has 0 bridgehead atoms. The number of nitrogens with zero attached hydrogens (tertiary/aromatic N) is 1. The van der Waals surface area contributed by atoms with Gasteiger partial charge >= 0.3 is 0 Å². The second kappa shape index (κ2) is 6.50. The quantitative estimate of drug-likeness (QED) is 0.871. The molecule has 2 rings (SSSR count). The summed E-state index contributed by atoms with van der Waals surface area (Å²) in [5.74, 6) is 0. The molecule has 1 N–H and O–H groups in total. The average Bonchev–Trinajstić information content (AvgIpc) is 2.89. The fourth-order valence-electron chi connectivity index (χ4n) is 2.36. The van der Waals surface area contributed by atoms with Crippen molar-refractivity contribution in [2.75, 3.05) is 32.8 Å². The van der Waals surface area contributed by atoms with E-state index in [-0.39, 0.29) is 6.10 Å². The molecule has 1 aromatic rings. The van der Waals surface area contributed by atoms with Gasteiger partial charge < -0.3 is 10.1 Å². The van der Waals surface area contributed by atoms with Crippen molar-refractivity contribution in [1.82, 2.24) is 10.2 Å². The molecule has 1 aromatic heterocycles. The van der Waals surface area contributed by atoms with Crippen molar-refractivity contribution in [2.45, 2.75) is 26.0 Å². The number of thiophene rings is 1. The van der Waals surface area contributed by atoms with E-state index < -0.39 is 0 Å². The lowest BCUT2D eigenvalue weighted by molar-refractivity contribution is -0.0453. The first kappa shape index (κ1) is 13.0. The Hall–Kier alpha value is -0.420. The largest absolute Gasteiger partial charge is 0.374 e. The Labute approximate surface area is 108 Å². The summed E-state index contributed by atoms with van der Waals surface area (Å²) in [6.07, 6.45) is 0.276. The highest BCUT2D eigenvalue weighted by molar-refractivity contribution is 7.07. The van der Waals surface area contributed by atoms with Gasteiger partial charge in [-0.2, -0.15) is 11.3 Å². The molecule has 2 atom stereocenters. The van der Waals surface area contributed by atoms with Gasteiger partial charge in [-0.25, -0.2) is 0 Å². The van der Waals surface area contributed by atoms with Crippen LogP contribution in [-0.4, -0.2) is 43.8 Å². The van der Waals surface area contributed by atoms with E-state index in [9.17, 15) is 0 Å². The summed E-state index contributed by atoms with van der Waals surface area (Å²) in [7, 11) is 0. The molecule has 2 heterocycles. The first-order valence-electron chi connectivity index (χ1n) is 6.44. The molecule has 0 amide bonds. The summed E-state index contributed by atoms with van der Waals surface area (Å²) in [5.41, 5.74) is 1.36. The molecular formula is C13H22N2OS.